The predicted molar refractivity (Wildman–Crippen MR) is 89.3 cm³/mol. The van der Waals surface area contributed by atoms with E-state index in [2.05, 4.69) is 38.3 Å². The minimum atomic E-state index is -0.337. The Hall–Kier alpha value is -1.40. The number of rotatable bonds is 6. The van der Waals surface area contributed by atoms with Crippen LogP contribution in [0.4, 0.5) is 11.4 Å². The number of nitro benzene ring substituents is 1. The van der Waals surface area contributed by atoms with Crippen LogP contribution in [0.5, 0.6) is 0 Å². The number of hydrogen-bond donors (Lipinski definition) is 0. The van der Waals surface area contributed by atoms with Crippen LogP contribution in [0, 0.1) is 10.1 Å². The Labute approximate surface area is 135 Å². The zero-order valence-electron chi connectivity index (χ0n) is 11.4. The van der Waals surface area contributed by atoms with Gasteiger partial charge in [0, 0.05) is 34.1 Å². The monoisotopic (exact) mass is 366 g/mol. The summed E-state index contributed by atoms with van der Waals surface area (Å²) >= 11 is 5.21. The highest BCUT2D eigenvalue weighted by atomic mass is 79.9. The summed E-state index contributed by atoms with van der Waals surface area (Å²) in [6, 6.07) is 9.93. The van der Waals surface area contributed by atoms with Crippen LogP contribution < -0.4 is 4.90 Å². The van der Waals surface area contributed by atoms with Gasteiger partial charge in [-0.05, 0) is 35.9 Å². The Morgan fingerprint density at radius 2 is 2.19 bits per heavy atom. The molecule has 1 saturated carbocycles. The molecule has 0 amide bonds. The number of halogens is 1. The standard InChI is InChI=1S/C15H15BrN2O2S/c16-9-11-8-13(18(19)20)5-6-15(11)17(12-3-4-12)10-14-2-1-7-21-14/h1-2,5-8,12H,3-4,9-10H2. The summed E-state index contributed by atoms with van der Waals surface area (Å²) in [6.45, 7) is 0.875. The molecule has 1 aromatic carbocycles. The van der Waals surface area contributed by atoms with E-state index >= 15 is 0 Å². The van der Waals surface area contributed by atoms with E-state index in [1.807, 2.05) is 6.07 Å². The first-order valence-electron chi connectivity index (χ1n) is 6.81. The molecule has 110 valence electrons. The first-order valence-corrected chi connectivity index (χ1v) is 8.81. The van der Waals surface area contributed by atoms with Crippen molar-refractivity contribution < 1.29 is 4.92 Å². The summed E-state index contributed by atoms with van der Waals surface area (Å²) in [5.74, 6) is 0. The number of nitro groups is 1. The van der Waals surface area contributed by atoms with Crippen LogP contribution in [0.2, 0.25) is 0 Å². The van der Waals surface area contributed by atoms with Crippen LogP contribution in [0.25, 0.3) is 0 Å². The fraction of sp³-hybridized carbons (Fsp3) is 0.333. The number of hydrogen-bond acceptors (Lipinski definition) is 4. The van der Waals surface area contributed by atoms with Crippen LogP contribution in [0.3, 0.4) is 0 Å². The third-order valence-corrected chi connectivity index (χ3v) is 5.09. The van der Waals surface area contributed by atoms with Gasteiger partial charge in [0.25, 0.3) is 5.69 Å². The Bertz CT molecular complexity index is 641. The van der Waals surface area contributed by atoms with Crippen LogP contribution >= 0.6 is 27.3 Å². The molecule has 1 heterocycles. The molecule has 0 aliphatic heterocycles. The lowest BCUT2D eigenvalue weighted by Gasteiger charge is -2.26. The normalized spacial score (nSPS) is 14.1. The molecule has 1 aromatic heterocycles. The van der Waals surface area contributed by atoms with E-state index in [1.165, 1.54) is 17.7 Å². The van der Waals surface area contributed by atoms with E-state index in [1.54, 1.807) is 23.5 Å². The average molecular weight is 367 g/mol. The lowest BCUT2D eigenvalue weighted by Crippen LogP contribution is -2.25. The van der Waals surface area contributed by atoms with Crippen molar-refractivity contribution in [3.63, 3.8) is 0 Å². The van der Waals surface area contributed by atoms with Crippen molar-refractivity contribution >= 4 is 38.6 Å². The number of benzene rings is 1. The second-order valence-corrected chi connectivity index (χ2v) is 6.74. The first-order chi connectivity index (χ1) is 10.2. The quantitative estimate of drug-likeness (QED) is 0.422. The van der Waals surface area contributed by atoms with Gasteiger partial charge < -0.3 is 4.90 Å². The highest BCUT2D eigenvalue weighted by molar-refractivity contribution is 9.08. The van der Waals surface area contributed by atoms with Gasteiger partial charge in [0.05, 0.1) is 11.5 Å². The molecular formula is C15H15BrN2O2S. The molecule has 0 spiro atoms. The molecule has 21 heavy (non-hydrogen) atoms. The molecule has 3 rings (SSSR count). The number of alkyl halides is 1. The fourth-order valence-electron chi connectivity index (χ4n) is 2.44. The number of thiophene rings is 1. The fourth-order valence-corrected chi connectivity index (χ4v) is 3.59. The maximum absolute atomic E-state index is 10.9. The molecule has 2 aromatic rings. The van der Waals surface area contributed by atoms with Crippen molar-refractivity contribution in [1.29, 1.82) is 0 Å². The van der Waals surface area contributed by atoms with E-state index < -0.39 is 0 Å². The Balaban J connectivity index is 1.93. The molecule has 0 saturated heterocycles. The van der Waals surface area contributed by atoms with Crippen molar-refractivity contribution in [3.05, 3.63) is 56.3 Å². The topological polar surface area (TPSA) is 46.4 Å². The largest absolute Gasteiger partial charge is 0.363 e. The van der Waals surface area contributed by atoms with Gasteiger partial charge in [-0.3, -0.25) is 10.1 Å². The minimum Gasteiger partial charge on any atom is -0.363 e. The average Bonchev–Trinajstić information content (AvgIpc) is 3.21. The van der Waals surface area contributed by atoms with Gasteiger partial charge in [-0.15, -0.1) is 11.3 Å². The van der Waals surface area contributed by atoms with E-state index in [-0.39, 0.29) is 10.6 Å². The summed E-state index contributed by atoms with van der Waals surface area (Å²) in [4.78, 5) is 14.3. The molecule has 1 aliphatic rings. The van der Waals surface area contributed by atoms with E-state index in [4.69, 9.17) is 0 Å². The first kappa shape index (κ1) is 14.5. The molecule has 0 bridgehead atoms. The van der Waals surface area contributed by atoms with Gasteiger partial charge >= 0.3 is 0 Å². The maximum atomic E-state index is 10.9. The molecular weight excluding hydrogens is 352 g/mol. The van der Waals surface area contributed by atoms with Gasteiger partial charge in [-0.25, -0.2) is 0 Å². The molecule has 4 nitrogen and oxygen atoms in total. The van der Waals surface area contributed by atoms with Gasteiger partial charge in [0.1, 0.15) is 0 Å². The smallest absolute Gasteiger partial charge is 0.269 e. The van der Waals surface area contributed by atoms with Crippen molar-refractivity contribution in [2.75, 3.05) is 4.90 Å². The molecule has 0 N–H and O–H groups in total. The van der Waals surface area contributed by atoms with Crippen LogP contribution in [-0.4, -0.2) is 11.0 Å². The highest BCUT2D eigenvalue weighted by Crippen LogP contribution is 2.37. The second kappa shape index (κ2) is 6.15. The van der Waals surface area contributed by atoms with E-state index in [9.17, 15) is 10.1 Å². The zero-order valence-corrected chi connectivity index (χ0v) is 13.8. The summed E-state index contributed by atoms with van der Waals surface area (Å²) < 4.78 is 0. The Morgan fingerprint density at radius 1 is 1.38 bits per heavy atom. The summed E-state index contributed by atoms with van der Waals surface area (Å²) in [7, 11) is 0. The molecule has 1 fully saturated rings. The lowest BCUT2D eigenvalue weighted by atomic mass is 10.1. The lowest BCUT2D eigenvalue weighted by molar-refractivity contribution is -0.384. The van der Waals surface area contributed by atoms with Crippen molar-refractivity contribution in [3.8, 4) is 0 Å². The van der Waals surface area contributed by atoms with Crippen molar-refractivity contribution in [2.45, 2.75) is 30.8 Å². The van der Waals surface area contributed by atoms with Gasteiger partial charge in [-0.1, -0.05) is 22.0 Å². The summed E-state index contributed by atoms with van der Waals surface area (Å²) in [6.07, 6.45) is 2.40. The minimum absolute atomic E-state index is 0.153. The third kappa shape index (κ3) is 3.27. The zero-order chi connectivity index (χ0) is 14.8. The summed E-state index contributed by atoms with van der Waals surface area (Å²) in [5, 5.41) is 13.6. The molecule has 0 atom stereocenters. The molecule has 0 unspecified atom stereocenters. The number of non-ortho nitro benzene ring substituents is 1. The SMILES string of the molecule is O=[N+]([O-])c1ccc(N(Cc2cccs2)C2CC2)c(CBr)c1. The van der Waals surface area contributed by atoms with Gasteiger partial charge in [0.15, 0.2) is 0 Å². The third-order valence-electron chi connectivity index (χ3n) is 3.62. The van der Waals surface area contributed by atoms with Crippen LogP contribution in [-0.2, 0) is 11.9 Å². The Morgan fingerprint density at radius 3 is 2.76 bits per heavy atom. The maximum Gasteiger partial charge on any atom is 0.269 e. The van der Waals surface area contributed by atoms with Gasteiger partial charge in [-0.2, -0.15) is 0 Å². The predicted octanol–water partition coefficient (Wildman–Crippen LogP) is 4.72. The van der Waals surface area contributed by atoms with E-state index in [0.29, 0.717) is 11.4 Å². The number of nitrogens with zero attached hydrogens (tertiary/aromatic N) is 2. The van der Waals surface area contributed by atoms with Crippen LogP contribution in [0.1, 0.15) is 23.3 Å². The van der Waals surface area contributed by atoms with Gasteiger partial charge in [0.2, 0.25) is 0 Å². The number of anilines is 1. The highest BCUT2D eigenvalue weighted by Gasteiger charge is 2.31. The molecule has 6 heteroatoms. The molecule has 0 radical (unpaired) electrons. The summed E-state index contributed by atoms with van der Waals surface area (Å²) in [5.41, 5.74) is 2.24. The van der Waals surface area contributed by atoms with Crippen molar-refractivity contribution in [2.24, 2.45) is 0 Å². The van der Waals surface area contributed by atoms with E-state index in [0.717, 1.165) is 17.8 Å². The van der Waals surface area contributed by atoms with Crippen molar-refractivity contribution in [1.82, 2.24) is 0 Å². The Kier molecular flexibility index (Phi) is 4.26. The molecule has 1 aliphatic carbocycles. The van der Waals surface area contributed by atoms with Crippen LogP contribution in [0.15, 0.2) is 35.7 Å². The second-order valence-electron chi connectivity index (χ2n) is 5.14.